The molecule has 0 aromatic carbocycles. The third-order valence-electron chi connectivity index (χ3n) is 4.18. The molecule has 1 aromatic rings. The minimum absolute atomic E-state index is 0.124. The molecule has 2 N–H and O–H groups in total. The van der Waals surface area contributed by atoms with Crippen LogP contribution < -0.4 is 10.6 Å². The summed E-state index contributed by atoms with van der Waals surface area (Å²) in [6, 6.07) is 0.142. The molecule has 1 saturated heterocycles. The van der Waals surface area contributed by atoms with Crippen molar-refractivity contribution < 1.29 is 4.92 Å². The molecule has 2 heterocycles. The zero-order valence-corrected chi connectivity index (χ0v) is 12.4. The summed E-state index contributed by atoms with van der Waals surface area (Å²) in [5.74, 6) is 1.06. The molecule has 0 saturated carbocycles. The predicted octanol–water partition coefficient (Wildman–Crippen LogP) is 1.68. The molecule has 2 unspecified atom stereocenters. The number of nitrogens with two attached hydrogens (primary N) is 1. The highest BCUT2D eigenvalue weighted by Gasteiger charge is 2.36. The topological polar surface area (TPSA) is 90.2 Å². The number of aromatic nitrogens is 2. The Balaban J connectivity index is 2.51. The van der Waals surface area contributed by atoms with Gasteiger partial charge in [-0.1, -0.05) is 6.92 Å². The molecule has 1 aliphatic rings. The fraction of sp³-hybridized carbons (Fsp3) is 0.769. The Hall–Kier alpha value is -1.63. The molecule has 2 rings (SSSR count). The van der Waals surface area contributed by atoms with Crippen LogP contribution in [0.4, 0.5) is 11.5 Å². The van der Waals surface area contributed by atoms with Gasteiger partial charge in [-0.05, 0) is 32.6 Å². The van der Waals surface area contributed by atoms with Gasteiger partial charge in [0, 0.05) is 25.7 Å². The van der Waals surface area contributed by atoms with Crippen molar-refractivity contribution in [2.45, 2.75) is 46.2 Å². The van der Waals surface area contributed by atoms with Crippen molar-refractivity contribution in [2.75, 3.05) is 18.0 Å². The van der Waals surface area contributed by atoms with Gasteiger partial charge in [0.15, 0.2) is 0 Å². The zero-order chi connectivity index (χ0) is 14.9. The monoisotopic (exact) mass is 281 g/mol. The first-order valence-corrected chi connectivity index (χ1v) is 7.19. The first-order chi connectivity index (χ1) is 9.51. The normalized spacial score (nSPS) is 23.1. The van der Waals surface area contributed by atoms with E-state index in [4.69, 9.17) is 5.73 Å². The summed E-state index contributed by atoms with van der Waals surface area (Å²) >= 11 is 0. The maximum atomic E-state index is 11.4. The molecule has 2 atom stereocenters. The summed E-state index contributed by atoms with van der Waals surface area (Å²) in [4.78, 5) is 13.2. The van der Waals surface area contributed by atoms with E-state index in [-0.39, 0.29) is 16.7 Å². The van der Waals surface area contributed by atoms with Gasteiger partial charge in [-0.15, -0.1) is 0 Å². The highest BCUT2D eigenvalue weighted by Crippen LogP contribution is 2.36. The average Bonchev–Trinajstić information content (AvgIpc) is 2.75. The molecule has 1 aliphatic heterocycles. The molecule has 0 amide bonds. The number of nitrogens with zero attached hydrogens (tertiary/aromatic N) is 4. The zero-order valence-electron chi connectivity index (χ0n) is 12.4. The summed E-state index contributed by atoms with van der Waals surface area (Å²) in [6.07, 6.45) is 2.15. The number of anilines is 1. The van der Waals surface area contributed by atoms with E-state index in [0.29, 0.717) is 30.5 Å². The number of aryl methyl sites for hydroxylation is 2. The van der Waals surface area contributed by atoms with Crippen LogP contribution in [-0.2, 0) is 6.54 Å². The van der Waals surface area contributed by atoms with Crippen molar-refractivity contribution >= 4 is 11.5 Å². The number of rotatable bonds is 4. The van der Waals surface area contributed by atoms with Gasteiger partial charge in [-0.3, -0.25) is 10.1 Å². The van der Waals surface area contributed by atoms with Gasteiger partial charge in [0.05, 0.1) is 4.92 Å². The van der Waals surface area contributed by atoms with Gasteiger partial charge in [0.1, 0.15) is 5.69 Å². The number of piperidine rings is 1. The van der Waals surface area contributed by atoms with E-state index >= 15 is 0 Å². The molecular formula is C13H23N5O2. The molecule has 0 spiro atoms. The highest BCUT2D eigenvalue weighted by atomic mass is 16.6. The second-order valence-electron chi connectivity index (χ2n) is 5.45. The van der Waals surface area contributed by atoms with Crippen LogP contribution in [0.3, 0.4) is 0 Å². The fourth-order valence-electron chi connectivity index (χ4n) is 3.15. The highest BCUT2D eigenvalue weighted by molar-refractivity contribution is 5.62. The maximum Gasteiger partial charge on any atom is 0.333 e. The summed E-state index contributed by atoms with van der Waals surface area (Å²) in [5.41, 5.74) is 6.50. The van der Waals surface area contributed by atoms with Crippen molar-refractivity contribution in [2.24, 2.45) is 11.7 Å². The van der Waals surface area contributed by atoms with Gasteiger partial charge in [0.2, 0.25) is 5.82 Å². The molecule has 1 aromatic heterocycles. The minimum atomic E-state index is -0.323. The Morgan fingerprint density at radius 3 is 2.80 bits per heavy atom. The van der Waals surface area contributed by atoms with Crippen molar-refractivity contribution in [1.82, 2.24) is 9.78 Å². The molecule has 1 fully saturated rings. The van der Waals surface area contributed by atoms with Gasteiger partial charge >= 0.3 is 5.69 Å². The fourth-order valence-corrected chi connectivity index (χ4v) is 3.15. The van der Waals surface area contributed by atoms with Gasteiger partial charge in [-0.25, -0.2) is 4.68 Å². The van der Waals surface area contributed by atoms with Crippen molar-refractivity contribution in [3.63, 3.8) is 0 Å². The summed E-state index contributed by atoms with van der Waals surface area (Å²) in [5, 5.41) is 15.7. The Morgan fingerprint density at radius 1 is 1.55 bits per heavy atom. The van der Waals surface area contributed by atoms with Crippen LogP contribution in [0.5, 0.6) is 0 Å². The van der Waals surface area contributed by atoms with E-state index in [1.165, 1.54) is 0 Å². The summed E-state index contributed by atoms with van der Waals surface area (Å²) in [6.45, 7) is 7.73. The van der Waals surface area contributed by atoms with E-state index in [9.17, 15) is 10.1 Å². The lowest BCUT2D eigenvalue weighted by Crippen LogP contribution is -2.49. The van der Waals surface area contributed by atoms with Crippen molar-refractivity contribution in [3.05, 3.63) is 15.8 Å². The van der Waals surface area contributed by atoms with E-state index in [1.54, 1.807) is 11.6 Å². The lowest BCUT2D eigenvalue weighted by atomic mass is 9.90. The number of nitro groups is 1. The first-order valence-electron chi connectivity index (χ1n) is 7.19. The molecule has 0 aliphatic carbocycles. The van der Waals surface area contributed by atoms with Crippen LogP contribution in [0, 0.1) is 23.0 Å². The standard InChI is InChI=1S/C13H23N5O2/c1-4-17-13(12(18(19)20)10(3)15-17)16-7-5-6-9(2)11(16)8-14/h9,11H,4-8,14H2,1-3H3. The predicted molar refractivity (Wildman–Crippen MR) is 77.9 cm³/mol. The molecule has 112 valence electrons. The molecular weight excluding hydrogens is 258 g/mol. The second kappa shape index (κ2) is 5.78. The third-order valence-corrected chi connectivity index (χ3v) is 4.18. The smallest absolute Gasteiger partial charge is 0.333 e. The molecule has 7 nitrogen and oxygen atoms in total. The van der Waals surface area contributed by atoms with Crippen molar-refractivity contribution in [1.29, 1.82) is 0 Å². The minimum Gasteiger partial charge on any atom is -0.347 e. The molecule has 0 bridgehead atoms. The third kappa shape index (κ3) is 2.37. The molecule has 0 radical (unpaired) electrons. The average molecular weight is 281 g/mol. The van der Waals surface area contributed by atoms with Gasteiger partial charge < -0.3 is 10.6 Å². The van der Waals surface area contributed by atoms with Crippen LogP contribution in [0.1, 0.15) is 32.4 Å². The Labute approximate surface area is 118 Å². The molecule has 7 heteroatoms. The number of hydrogen-bond acceptors (Lipinski definition) is 5. The van der Waals surface area contributed by atoms with Crippen LogP contribution in [0.15, 0.2) is 0 Å². The quantitative estimate of drug-likeness (QED) is 0.670. The van der Waals surface area contributed by atoms with E-state index < -0.39 is 0 Å². The van der Waals surface area contributed by atoms with Crippen LogP contribution >= 0.6 is 0 Å². The lowest BCUT2D eigenvalue weighted by molar-refractivity contribution is -0.384. The largest absolute Gasteiger partial charge is 0.347 e. The number of hydrogen-bond donors (Lipinski definition) is 1. The van der Waals surface area contributed by atoms with Crippen molar-refractivity contribution in [3.8, 4) is 0 Å². The van der Waals surface area contributed by atoms with Gasteiger partial charge in [0.25, 0.3) is 0 Å². The van der Waals surface area contributed by atoms with E-state index in [0.717, 1.165) is 19.4 Å². The summed E-state index contributed by atoms with van der Waals surface area (Å²) < 4.78 is 1.73. The summed E-state index contributed by atoms with van der Waals surface area (Å²) in [7, 11) is 0. The van der Waals surface area contributed by atoms with Crippen LogP contribution in [0.2, 0.25) is 0 Å². The van der Waals surface area contributed by atoms with Crippen LogP contribution in [-0.4, -0.2) is 33.8 Å². The second-order valence-corrected chi connectivity index (χ2v) is 5.45. The first kappa shape index (κ1) is 14.8. The Bertz CT molecular complexity index is 499. The Morgan fingerprint density at radius 2 is 2.25 bits per heavy atom. The van der Waals surface area contributed by atoms with E-state index in [1.807, 2.05) is 6.92 Å². The SMILES string of the molecule is CCn1nc(C)c([N+](=O)[O-])c1N1CCCC(C)C1CN. The Kier molecular flexibility index (Phi) is 4.27. The van der Waals surface area contributed by atoms with E-state index in [2.05, 4.69) is 16.9 Å². The van der Waals surface area contributed by atoms with Gasteiger partial charge in [-0.2, -0.15) is 5.10 Å². The molecule has 20 heavy (non-hydrogen) atoms. The van der Waals surface area contributed by atoms with Crippen LogP contribution in [0.25, 0.3) is 0 Å². The lowest BCUT2D eigenvalue weighted by Gasteiger charge is -2.40. The maximum absolute atomic E-state index is 11.4.